The molecule has 19 heavy (non-hydrogen) atoms. The Balaban J connectivity index is 2.43. The highest BCUT2D eigenvalue weighted by atomic mass is 79.9. The monoisotopic (exact) mass is 320 g/mol. The number of ether oxygens (including phenoxy) is 1. The molecule has 1 heterocycles. The van der Waals surface area contributed by atoms with Crippen LogP contribution in [0.25, 0.3) is 0 Å². The van der Waals surface area contributed by atoms with E-state index in [1.807, 2.05) is 19.9 Å². The zero-order chi connectivity index (χ0) is 14.0. The lowest BCUT2D eigenvalue weighted by atomic mass is 10.1. The molecule has 3 nitrogen and oxygen atoms in total. The zero-order valence-corrected chi connectivity index (χ0v) is 12.0. The Kier molecular flexibility index (Phi) is 3.82. The topological polar surface area (TPSA) is 45.9 Å². The molecule has 1 aromatic heterocycles. The average Bonchev–Trinajstić information content (AvgIpc) is 2.33. The maximum Gasteiger partial charge on any atom is 0.237 e. The zero-order valence-electron chi connectivity index (χ0n) is 10.4. The van der Waals surface area contributed by atoms with Crippen molar-refractivity contribution in [1.29, 1.82) is 5.26 Å². The number of hydrogen-bond donors (Lipinski definition) is 0. The highest BCUT2D eigenvalue weighted by Crippen LogP contribution is 2.28. The SMILES string of the molecule is Cc1cc(C)c(C#N)c(Oc2ccc(F)c(Br)c2)n1. The van der Waals surface area contributed by atoms with E-state index in [-0.39, 0.29) is 11.7 Å². The summed E-state index contributed by atoms with van der Waals surface area (Å²) >= 11 is 3.08. The van der Waals surface area contributed by atoms with Gasteiger partial charge >= 0.3 is 0 Å². The lowest BCUT2D eigenvalue weighted by molar-refractivity contribution is 0.457. The summed E-state index contributed by atoms with van der Waals surface area (Å²) in [6.45, 7) is 3.64. The normalized spacial score (nSPS) is 10.1. The Morgan fingerprint density at radius 1 is 1.32 bits per heavy atom. The highest BCUT2D eigenvalue weighted by Gasteiger charge is 2.11. The van der Waals surface area contributed by atoms with Crippen LogP contribution in [0.1, 0.15) is 16.8 Å². The highest BCUT2D eigenvalue weighted by molar-refractivity contribution is 9.10. The first-order valence-electron chi connectivity index (χ1n) is 5.52. The molecule has 0 saturated carbocycles. The minimum Gasteiger partial charge on any atom is -0.438 e. The van der Waals surface area contributed by atoms with Crippen molar-refractivity contribution in [3.05, 3.63) is 51.4 Å². The molecule has 96 valence electrons. The predicted molar refractivity (Wildman–Crippen MR) is 72.6 cm³/mol. The summed E-state index contributed by atoms with van der Waals surface area (Å²) in [5.74, 6) is 0.280. The van der Waals surface area contributed by atoms with Crippen LogP contribution in [0.5, 0.6) is 11.6 Å². The fraction of sp³-hybridized carbons (Fsp3) is 0.143. The third-order valence-corrected chi connectivity index (χ3v) is 3.14. The summed E-state index contributed by atoms with van der Waals surface area (Å²) in [7, 11) is 0. The number of pyridine rings is 1. The molecule has 1 aromatic carbocycles. The van der Waals surface area contributed by atoms with E-state index in [1.54, 1.807) is 0 Å². The number of aromatic nitrogens is 1. The number of hydrogen-bond acceptors (Lipinski definition) is 3. The lowest BCUT2D eigenvalue weighted by Gasteiger charge is -2.09. The molecule has 0 N–H and O–H groups in total. The van der Waals surface area contributed by atoms with Crippen LogP contribution in [0.15, 0.2) is 28.7 Å². The fourth-order valence-corrected chi connectivity index (χ4v) is 2.02. The Hall–Kier alpha value is -1.93. The Labute approximate surface area is 118 Å². The van der Waals surface area contributed by atoms with Gasteiger partial charge in [0.25, 0.3) is 0 Å². The molecule has 0 amide bonds. The number of benzene rings is 1. The van der Waals surface area contributed by atoms with Crippen LogP contribution in [0.3, 0.4) is 0 Å². The van der Waals surface area contributed by atoms with Gasteiger partial charge in [-0.2, -0.15) is 5.26 Å². The minimum atomic E-state index is -0.374. The van der Waals surface area contributed by atoms with Gasteiger partial charge in [-0.05, 0) is 59.6 Å². The van der Waals surface area contributed by atoms with Crippen molar-refractivity contribution in [2.24, 2.45) is 0 Å². The largest absolute Gasteiger partial charge is 0.438 e. The molecule has 0 aliphatic rings. The quantitative estimate of drug-likeness (QED) is 0.830. The fourth-order valence-electron chi connectivity index (χ4n) is 1.66. The molecule has 0 fully saturated rings. The summed E-state index contributed by atoms with van der Waals surface area (Å²) in [5.41, 5.74) is 1.94. The van der Waals surface area contributed by atoms with Crippen LogP contribution in [0, 0.1) is 31.0 Å². The molecule has 5 heteroatoms. The van der Waals surface area contributed by atoms with Gasteiger partial charge in [-0.25, -0.2) is 9.37 Å². The molecule has 0 aliphatic heterocycles. The molecule has 0 saturated heterocycles. The van der Waals surface area contributed by atoms with Gasteiger partial charge < -0.3 is 4.74 Å². The molecule has 0 bridgehead atoms. The first-order chi connectivity index (χ1) is 9.01. The van der Waals surface area contributed by atoms with E-state index in [9.17, 15) is 4.39 Å². The van der Waals surface area contributed by atoms with Crippen molar-refractivity contribution in [1.82, 2.24) is 4.98 Å². The summed E-state index contributed by atoms with van der Waals surface area (Å²) in [6, 6.07) is 8.14. The molecule has 0 radical (unpaired) electrons. The molecule has 2 aromatic rings. The molecule has 2 rings (SSSR count). The second kappa shape index (κ2) is 5.37. The molecule has 0 unspecified atom stereocenters. The molecular formula is C14H10BrFN2O. The van der Waals surface area contributed by atoms with Crippen LogP contribution in [-0.2, 0) is 0 Å². The maximum absolute atomic E-state index is 13.1. The van der Waals surface area contributed by atoms with E-state index in [0.29, 0.717) is 15.8 Å². The maximum atomic E-state index is 13.1. The van der Waals surface area contributed by atoms with Gasteiger partial charge in [0.05, 0.1) is 4.47 Å². The van der Waals surface area contributed by atoms with Gasteiger partial charge in [0.15, 0.2) is 0 Å². The lowest BCUT2D eigenvalue weighted by Crippen LogP contribution is -1.97. The number of halogens is 2. The summed E-state index contributed by atoms with van der Waals surface area (Å²) in [5, 5.41) is 9.13. The smallest absolute Gasteiger partial charge is 0.237 e. The van der Waals surface area contributed by atoms with Crippen LogP contribution < -0.4 is 4.74 Å². The van der Waals surface area contributed by atoms with Crippen molar-refractivity contribution in [2.45, 2.75) is 13.8 Å². The van der Waals surface area contributed by atoms with Gasteiger partial charge in [-0.15, -0.1) is 0 Å². The number of aryl methyl sites for hydroxylation is 2. The van der Waals surface area contributed by atoms with E-state index in [0.717, 1.165) is 11.3 Å². The van der Waals surface area contributed by atoms with Gasteiger partial charge in [-0.3, -0.25) is 0 Å². The molecule has 0 spiro atoms. The number of nitriles is 1. The first-order valence-corrected chi connectivity index (χ1v) is 6.32. The van der Waals surface area contributed by atoms with Crippen molar-refractivity contribution >= 4 is 15.9 Å². The van der Waals surface area contributed by atoms with Crippen LogP contribution in [0.4, 0.5) is 4.39 Å². The summed E-state index contributed by atoms with van der Waals surface area (Å²) < 4.78 is 19.0. The third-order valence-electron chi connectivity index (χ3n) is 2.53. The summed E-state index contributed by atoms with van der Waals surface area (Å²) in [6.07, 6.45) is 0. The second-order valence-corrected chi connectivity index (χ2v) is 4.90. The van der Waals surface area contributed by atoms with Gasteiger partial charge in [0, 0.05) is 5.69 Å². The van der Waals surface area contributed by atoms with Crippen molar-refractivity contribution in [3.63, 3.8) is 0 Å². The standard InChI is InChI=1S/C14H10BrFN2O/c1-8-5-9(2)18-14(11(8)7-17)19-10-3-4-13(16)12(15)6-10/h3-6H,1-2H3. The molecule has 0 aliphatic carbocycles. The van der Waals surface area contributed by atoms with E-state index in [1.165, 1.54) is 18.2 Å². The number of nitrogens with zero attached hydrogens (tertiary/aromatic N) is 2. The van der Waals surface area contributed by atoms with Crippen LogP contribution in [-0.4, -0.2) is 4.98 Å². The third kappa shape index (κ3) is 2.91. The Morgan fingerprint density at radius 2 is 2.05 bits per heavy atom. The van der Waals surface area contributed by atoms with E-state index < -0.39 is 0 Å². The van der Waals surface area contributed by atoms with E-state index in [2.05, 4.69) is 27.0 Å². The van der Waals surface area contributed by atoms with Gasteiger partial charge in [0.2, 0.25) is 5.88 Å². The average molecular weight is 321 g/mol. The van der Waals surface area contributed by atoms with Crippen LogP contribution >= 0.6 is 15.9 Å². The van der Waals surface area contributed by atoms with Gasteiger partial charge in [0.1, 0.15) is 23.2 Å². The first kappa shape index (κ1) is 13.5. The van der Waals surface area contributed by atoms with Crippen molar-refractivity contribution in [2.75, 3.05) is 0 Å². The molecular weight excluding hydrogens is 311 g/mol. The number of rotatable bonds is 2. The van der Waals surface area contributed by atoms with E-state index >= 15 is 0 Å². The Morgan fingerprint density at radius 3 is 2.68 bits per heavy atom. The second-order valence-electron chi connectivity index (χ2n) is 4.05. The van der Waals surface area contributed by atoms with Crippen molar-refractivity contribution < 1.29 is 9.13 Å². The van der Waals surface area contributed by atoms with Crippen molar-refractivity contribution in [3.8, 4) is 17.7 Å². The molecule has 0 atom stereocenters. The minimum absolute atomic E-state index is 0.235. The predicted octanol–water partition coefficient (Wildman–Crippen LogP) is 4.26. The van der Waals surface area contributed by atoms with Crippen LogP contribution in [0.2, 0.25) is 0 Å². The van der Waals surface area contributed by atoms with Gasteiger partial charge in [-0.1, -0.05) is 0 Å². The van der Waals surface area contributed by atoms with E-state index in [4.69, 9.17) is 10.00 Å². The Bertz CT molecular complexity index is 680. The summed E-state index contributed by atoms with van der Waals surface area (Å²) in [4.78, 5) is 4.20.